The third kappa shape index (κ3) is 4.61. The van der Waals surface area contributed by atoms with Gasteiger partial charge in [-0.05, 0) is 44.0 Å². The summed E-state index contributed by atoms with van der Waals surface area (Å²) in [6, 6.07) is 7.46. The Morgan fingerprint density at radius 2 is 1.92 bits per heavy atom. The molecule has 2 aromatic rings. The minimum absolute atomic E-state index is 0.0173. The number of halogens is 1. The minimum atomic E-state index is 0.0173. The van der Waals surface area contributed by atoms with Gasteiger partial charge >= 0.3 is 0 Å². The zero-order valence-electron chi connectivity index (χ0n) is 15.5. The van der Waals surface area contributed by atoms with E-state index in [-0.39, 0.29) is 5.91 Å². The second kappa shape index (κ2) is 8.50. The fourth-order valence-electron chi connectivity index (χ4n) is 2.72. The smallest absolute Gasteiger partial charge is 0.253 e. The van der Waals surface area contributed by atoms with Gasteiger partial charge in [0.2, 0.25) is 0 Å². The predicted molar refractivity (Wildman–Crippen MR) is 101 cm³/mol. The van der Waals surface area contributed by atoms with Crippen LogP contribution in [0.4, 0.5) is 0 Å². The Balaban J connectivity index is 2.22. The van der Waals surface area contributed by atoms with Crippen LogP contribution in [0.3, 0.4) is 0 Å². The van der Waals surface area contributed by atoms with E-state index >= 15 is 0 Å². The van der Waals surface area contributed by atoms with Crippen molar-refractivity contribution >= 4 is 17.5 Å². The van der Waals surface area contributed by atoms with E-state index in [9.17, 15) is 4.79 Å². The molecular formula is C19H26ClN3O2. The first kappa shape index (κ1) is 19.5. The Bertz CT molecular complexity index is 723. The Labute approximate surface area is 154 Å². The summed E-state index contributed by atoms with van der Waals surface area (Å²) in [6.07, 6.45) is 0. The van der Waals surface area contributed by atoms with Gasteiger partial charge < -0.3 is 9.64 Å². The van der Waals surface area contributed by atoms with Crippen LogP contribution in [0.2, 0.25) is 5.02 Å². The molecule has 0 spiro atoms. The lowest BCUT2D eigenvalue weighted by molar-refractivity contribution is 0.0672. The number of ether oxygens (including phenoxy) is 1. The van der Waals surface area contributed by atoms with Crippen LogP contribution in [-0.4, -0.2) is 47.4 Å². The quantitative estimate of drug-likeness (QED) is 0.749. The first-order valence-corrected chi connectivity index (χ1v) is 8.83. The largest absolute Gasteiger partial charge is 0.383 e. The van der Waals surface area contributed by atoms with Crippen molar-refractivity contribution in [2.75, 3.05) is 26.8 Å². The van der Waals surface area contributed by atoms with Gasteiger partial charge in [0, 0.05) is 25.8 Å². The second-order valence-corrected chi connectivity index (χ2v) is 6.96. The van der Waals surface area contributed by atoms with E-state index in [1.807, 2.05) is 43.0 Å². The van der Waals surface area contributed by atoms with Crippen LogP contribution < -0.4 is 0 Å². The van der Waals surface area contributed by atoms with Gasteiger partial charge in [-0.3, -0.25) is 4.79 Å². The van der Waals surface area contributed by atoms with Crippen LogP contribution in [0.25, 0.3) is 5.69 Å². The zero-order chi connectivity index (χ0) is 18.6. The summed E-state index contributed by atoms with van der Waals surface area (Å²) in [6.45, 7) is 9.82. The highest BCUT2D eigenvalue weighted by atomic mass is 35.5. The standard InChI is InChI=1S/C19H26ClN3O2/c1-13(2)12-22(10-11-25-5)19(24)16-6-8-17(9-7-16)23-15(4)18(20)14(3)21-23/h6-9,13H,10-12H2,1-5H3. The summed E-state index contributed by atoms with van der Waals surface area (Å²) in [5.41, 5.74) is 3.23. The van der Waals surface area contributed by atoms with E-state index in [1.54, 1.807) is 11.8 Å². The summed E-state index contributed by atoms with van der Waals surface area (Å²) in [4.78, 5) is 14.6. The average molecular weight is 364 g/mol. The van der Waals surface area contributed by atoms with Gasteiger partial charge in [-0.2, -0.15) is 5.10 Å². The van der Waals surface area contributed by atoms with E-state index in [0.717, 1.165) is 17.1 Å². The molecule has 0 bridgehead atoms. The van der Waals surface area contributed by atoms with Gasteiger partial charge in [-0.1, -0.05) is 25.4 Å². The van der Waals surface area contributed by atoms with E-state index in [0.29, 0.717) is 36.2 Å². The van der Waals surface area contributed by atoms with Crippen LogP contribution in [0.5, 0.6) is 0 Å². The second-order valence-electron chi connectivity index (χ2n) is 6.58. The molecule has 0 aliphatic rings. The van der Waals surface area contributed by atoms with Crippen LogP contribution in [0, 0.1) is 19.8 Å². The Hall–Kier alpha value is -1.85. The van der Waals surface area contributed by atoms with Crippen molar-refractivity contribution in [3.05, 3.63) is 46.2 Å². The van der Waals surface area contributed by atoms with Crippen molar-refractivity contribution in [3.8, 4) is 5.69 Å². The van der Waals surface area contributed by atoms with Gasteiger partial charge in [0.25, 0.3) is 5.91 Å². The number of hydrogen-bond acceptors (Lipinski definition) is 3. The van der Waals surface area contributed by atoms with E-state index in [4.69, 9.17) is 16.3 Å². The third-order valence-electron chi connectivity index (χ3n) is 4.00. The number of amides is 1. The first-order valence-electron chi connectivity index (χ1n) is 8.45. The molecule has 0 radical (unpaired) electrons. The number of benzene rings is 1. The molecule has 0 aliphatic carbocycles. The molecule has 5 nitrogen and oxygen atoms in total. The molecule has 136 valence electrons. The summed E-state index contributed by atoms with van der Waals surface area (Å²) in [5.74, 6) is 0.417. The maximum absolute atomic E-state index is 12.8. The molecule has 2 rings (SSSR count). The summed E-state index contributed by atoms with van der Waals surface area (Å²) in [7, 11) is 1.65. The maximum Gasteiger partial charge on any atom is 0.253 e. The van der Waals surface area contributed by atoms with Crippen molar-refractivity contribution in [2.45, 2.75) is 27.7 Å². The number of carbonyl (C=O) groups excluding carboxylic acids is 1. The molecule has 0 saturated carbocycles. The molecule has 0 saturated heterocycles. The van der Waals surface area contributed by atoms with Gasteiger partial charge in [0.1, 0.15) is 0 Å². The highest BCUT2D eigenvalue weighted by Crippen LogP contribution is 2.22. The summed E-state index contributed by atoms with van der Waals surface area (Å²) < 4.78 is 6.92. The van der Waals surface area contributed by atoms with Crippen LogP contribution in [-0.2, 0) is 4.74 Å². The molecule has 0 fully saturated rings. The molecule has 6 heteroatoms. The fraction of sp³-hybridized carbons (Fsp3) is 0.474. The monoisotopic (exact) mass is 363 g/mol. The molecule has 1 aromatic heterocycles. The first-order chi connectivity index (χ1) is 11.8. The Morgan fingerprint density at radius 3 is 2.40 bits per heavy atom. The number of nitrogens with zero attached hydrogens (tertiary/aromatic N) is 3. The SMILES string of the molecule is COCCN(CC(C)C)C(=O)c1ccc(-n2nc(C)c(Cl)c2C)cc1. The van der Waals surface area contributed by atoms with E-state index < -0.39 is 0 Å². The molecule has 0 atom stereocenters. The predicted octanol–water partition coefficient (Wildman–Crippen LogP) is 3.89. The minimum Gasteiger partial charge on any atom is -0.383 e. The number of rotatable bonds is 7. The third-order valence-corrected chi connectivity index (χ3v) is 4.55. The maximum atomic E-state index is 12.8. The van der Waals surface area contributed by atoms with Crippen LogP contribution in [0.15, 0.2) is 24.3 Å². The topological polar surface area (TPSA) is 47.4 Å². The molecular weight excluding hydrogens is 338 g/mol. The lowest BCUT2D eigenvalue weighted by Crippen LogP contribution is -2.36. The highest BCUT2D eigenvalue weighted by Gasteiger charge is 2.17. The van der Waals surface area contributed by atoms with Crippen molar-refractivity contribution in [1.82, 2.24) is 14.7 Å². The van der Waals surface area contributed by atoms with E-state index in [2.05, 4.69) is 18.9 Å². The fourth-order valence-corrected chi connectivity index (χ4v) is 2.84. The lowest BCUT2D eigenvalue weighted by atomic mass is 10.1. The normalized spacial score (nSPS) is 11.2. The summed E-state index contributed by atoms with van der Waals surface area (Å²) >= 11 is 6.21. The van der Waals surface area contributed by atoms with Gasteiger partial charge in [-0.15, -0.1) is 0 Å². The molecule has 0 N–H and O–H groups in total. The van der Waals surface area contributed by atoms with Gasteiger partial charge in [0.15, 0.2) is 0 Å². The number of aryl methyl sites for hydroxylation is 1. The Morgan fingerprint density at radius 1 is 1.28 bits per heavy atom. The average Bonchev–Trinajstić information content (AvgIpc) is 2.85. The van der Waals surface area contributed by atoms with Crippen molar-refractivity contribution in [3.63, 3.8) is 0 Å². The van der Waals surface area contributed by atoms with Crippen LogP contribution >= 0.6 is 11.6 Å². The van der Waals surface area contributed by atoms with Gasteiger partial charge in [-0.25, -0.2) is 4.68 Å². The van der Waals surface area contributed by atoms with Crippen molar-refractivity contribution in [1.29, 1.82) is 0 Å². The van der Waals surface area contributed by atoms with Crippen LogP contribution in [0.1, 0.15) is 35.6 Å². The molecule has 0 unspecified atom stereocenters. The molecule has 1 amide bonds. The molecule has 0 aliphatic heterocycles. The summed E-state index contributed by atoms with van der Waals surface area (Å²) in [5, 5.41) is 5.11. The van der Waals surface area contributed by atoms with E-state index in [1.165, 1.54) is 0 Å². The van der Waals surface area contributed by atoms with Crippen molar-refractivity contribution in [2.24, 2.45) is 5.92 Å². The van der Waals surface area contributed by atoms with Crippen molar-refractivity contribution < 1.29 is 9.53 Å². The number of aromatic nitrogens is 2. The van der Waals surface area contributed by atoms with Gasteiger partial charge in [0.05, 0.1) is 28.7 Å². The molecule has 1 heterocycles. The Kier molecular flexibility index (Phi) is 6.62. The number of carbonyl (C=O) groups is 1. The molecule has 25 heavy (non-hydrogen) atoms. The zero-order valence-corrected chi connectivity index (χ0v) is 16.3. The number of hydrogen-bond donors (Lipinski definition) is 0. The molecule has 1 aromatic carbocycles. The lowest BCUT2D eigenvalue weighted by Gasteiger charge is -2.24. The highest BCUT2D eigenvalue weighted by molar-refractivity contribution is 6.31. The number of methoxy groups -OCH3 is 1.